The number of hydrogen-bond donors (Lipinski definition) is 1. The van der Waals surface area contributed by atoms with E-state index in [2.05, 4.69) is 24.8 Å². The zero-order valence-corrected chi connectivity index (χ0v) is 11.3. The first-order chi connectivity index (χ1) is 9.72. The van der Waals surface area contributed by atoms with Crippen LogP contribution in [0.15, 0.2) is 18.3 Å². The first-order valence-corrected chi connectivity index (χ1v) is 6.58. The zero-order chi connectivity index (χ0) is 13.9. The number of aromatic nitrogens is 4. The van der Waals surface area contributed by atoms with Crippen molar-refractivity contribution in [2.24, 2.45) is 0 Å². The Kier molecular flexibility index (Phi) is 3.32. The van der Waals surface area contributed by atoms with Gasteiger partial charge in [-0.1, -0.05) is 0 Å². The van der Waals surface area contributed by atoms with Crippen LogP contribution < -0.4 is 15.4 Å². The minimum Gasteiger partial charge on any atom is -0.422 e. The third kappa shape index (κ3) is 2.61. The summed E-state index contributed by atoms with van der Waals surface area (Å²) >= 11 is 0. The highest BCUT2D eigenvalue weighted by Gasteiger charge is 2.17. The molecule has 2 aromatic rings. The van der Waals surface area contributed by atoms with Crippen molar-refractivity contribution in [2.75, 3.05) is 23.7 Å². The Morgan fingerprint density at radius 1 is 1.20 bits per heavy atom. The van der Waals surface area contributed by atoms with Crippen molar-refractivity contribution in [3.63, 3.8) is 0 Å². The summed E-state index contributed by atoms with van der Waals surface area (Å²) in [5.74, 6) is 1.36. The van der Waals surface area contributed by atoms with Crippen LogP contribution in [0.25, 0.3) is 0 Å². The minimum absolute atomic E-state index is 0.165. The second kappa shape index (κ2) is 5.28. The van der Waals surface area contributed by atoms with E-state index in [1.54, 1.807) is 12.3 Å². The van der Waals surface area contributed by atoms with Gasteiger partial charge in [0, 0.05) is 19.3 Å². The summed E-state index contributed by atoms with van der Waals surface area (Å²) in [4.78, 5) is 18.8. The molecular formula is C13H16N6O. The fourth-order valence-corrected chi connectivity index (χ4v) is 2.14. The van der Waals surface area contributed by atoms with Gasteiger partial charge in [0.2, 0.25) is 11.9 Å². The molecule has 0 unspecified atom stereocenters. The molecule has 3 rings (SSSR count). The first-order valence-electron chi connectivity index (χ1n) is 6.58. The third-order valence-corrected chi connectivity index (χ3v) is 3.17. The SMILES string of the molecule is Cc1ncccc1Oc1nc(N)nc(N2CCCC2)n1. The number of ether oxygens (including phenoxy) is 1. The maximum Gasteiger partial charge on any atom is 0.328 e. The Hall–Kier alpha value is -2.44. The van der Waals surface area contributed by atoms with Crippen molar-refractivity contribution >= 4 is 11.9 Å². The van der Waals surface area contributed by atoms with Gasteiger partial charge in [-0.3, -0.25) is 4.98 Å². The number of nitrogens with two attached hydrogens (primary N) is 1. The Bertz CT molecular complexity index is 612. The molecule has 0 amide bonds. The normalized spacial score (nSPS) is 14.6. The van der Waals surface area contributed by atoms with Crippen molar-refractivity contribution in [1.82, 2.24) is 19.9 Å². The summed E-state index contributed by atoms with van der Waals surface area (Å²) < 4.78 is 5.66. The van der Waals surface area contributed by atoms with Crippen molar-refractivity contribution in [3.8, 4) is 11.8 Å². The van der Waals surface area contributed by atoms with E-state index in [9.17, 15) is 0 Å². The summed E-state index contributed by atoms with van der Waals surface area (Å²) in [5, 5.41) is 0. The average Bonchev–Trinajstić information content (AvgIpc) is 2.95. The molecule has 1 saturated heterocycles. The van der Waals surface area contributed by atoms with Crippen molar-refractivity contribution in [2.45, 2.75) is 19.8 Å². The molecule has 1 aliphatic heterocycles. The highest BCUT2D eigenvalue weighted by atomic mass is 16.5. The monoisotopic (exact) mass is 272 g/mol. The van der Waals surface area contributed by atoms with E-state index < -0.39 is 0 Å². The molecule has 104 valence electrons. The van der Waals surface area contributed by atoms with Crippen molar-refractivity contribution in [3.05, 3.63) is 24.0 Å². The largest absolute Gasteiger partial charge is 0.422 e. The molecule has 7 nitrogen and oxygen atoms in total. The molecule has 0 radical (unpaired) electrons. The van der Waals surface area contributed by atoms with E-state index in [-0.39, 0.29) is 12.0 Å². The van der Waals surface area contributed by atoms with Gasteiger partial charge in [-0.25, -0.2) is 0 Å². The van der Waals surface area contributed by atoms with Crippen LogP contribution in [0.5, 0.6) is 11.8 Å². The van der Waals surface area contributed by atoms with Crippen LogP contribution >= 0.6 is 0 Å². The number of aryl methyl sites for hydroxylation is 1. The predicted octanol–water partition coefficient (Wildman–Crippen LogP) is 1.55. The molecule has 7 heteroatoms. The van der Waals surface area contributed by atoms with E-state index in [4.69, 9.17) is 10.5 Å². The van der Waals surface area contributed by atoms with Gasteiger partial charge in [0.1, 0.15) is 0 Å². The minimum atomic E-state index is 0.165. The summed E-state index contributed by atoms with van der Waals surface area (Å²) in [6.45, 7) is 3.74. The lowest BCUT2D eigenvalue weighted by atomic mass is 10.3. The molecule has 2 aromatic heterocycles. The number of anilines is 2. The number of hydrogen-bond acceptors (Lipinski definition) is 7. The van der Waals surface area contributed by atoms with Gasteiger partial charge in [-0.05, 0) is 31.9 Å². The summed E-state index contributed by atoms with van der Waals surface area (Å²) in [5.41, 5.74) is 6.51. The summed E-state index contributed by atoms with van der Waals surface area (Å²) in [7, 11) is 0. The van der Waals surface area contributed by atoms with E-state index >= 15 is 0 Å². The van der Waals surface area contributed by atoms with Crippen LogP contribution in [0, 0.1) is 6.92 Å². The van der Waals surface area contributed by atoms with Crippen LogP contribution in [-0.2, 0) is 0 Å². The summed E-state index contributed by atoms with van der Waals surface area (Å²) in [6.07, 6.45) is 3.99. The van der Waals surface area contributed by atoms with Gasteiger partial charge in [-0.15, -0.1) is 0 Å². The van der Waals surface area contributed by atoms with E-state index in [0.717, 1.165) is 31.6 Å². The quantitative estimate of drug-likeness (QED) is 0.906. The molecule has 20 heavy (non-hydrogen) atoms. The molecular weight excluding hydrogens is 256 g/mol. The smallest absolute Gasteiger partial charge is 0.328 e. The van der Waals surface area contributed by atoms with Gasteiger partial charge in [-0.2, -0.15) is 15.0 Å². The van der Waals surface area contributed by atoms with Gasteiger partial charge in [0.15, 0.2) is 5.75 Å². The fourth-order valence-electron chi connectivity index (χ4n) is 2.14. The first kappa shape index (κ1) is 12.6. The Morgan fingerprint density at radius 2 is 2.00 bits per heavy atom. The number of pyridine rings is 1. The molecule has 3 heterocycles. The van der Waals surface area contributed by atoms with Crippen molar-refractivity contribution < 1.29 is 4.74 Å². The standard InChI is InChI=1S/C13H16N6O/c1-9-10(5-4-6-15-9)20-13-17-11(14)16-12(18-13)19-7-2-3-8-19/h4-6H,2-3,7-8H2,1H3,(H2,14,16,17,18). The fraction of sp³-hybridized carbons (Fsp3) is 0.385. The van der Waals surface area contributed by atoms with E-state index in [1.807, 2.05) is 13.0 Å². The molecule has 1 aliphatic rings. The van der Waals surface area contributed by atoms with Crippen molar-refractivity contribution in [1.29, 1.82) is 0 Å². The molecule has 0 saturated carbocycles. The van der Waals surface area contributed by atoms with Crippen LogP contribution in [0.3, 0.4) is 0 Å². The third-order valence-electron chi connectivity index (χ3n) is 3.17. The van der Waals surface area contributed by atoms with Crippen LogP contribution in [0.1, 0.15) is 18.5 Å². The molecule has 1 fully saturated rings. The van der Waals surface area contributed by atoms with E-state index in [0.29, 0.717) is 11.7 Å². The second-order valence-electron chi connectivity index (χ2n) is 4.66. The number of nitrogen functional groups attached to an aromatic ring is 1. The topological polar surface area (TPSA) is 90.0 Å². The lowest BCUT2D eigenvalue weighted by molar-refractivity contribution is 0.435. The lowest BCUT2D eigenvalue weighted by Gasteiger charge is -2.15. The molecule has 0 aromatic carbocycles. The van der Waals surface area contributed by atoms with E-state index in [1.165, 1.54) is 0 Å². The lowest BCUT2D eigenvalue weighted by Crippen LogP contribution is -2.21. The Labute approximate surface area is 116 Å². The molecule has 2 N–H and O–H groups in total. The maximum absolute atomic E-state index is 5.73. The van der Waals surface area contributed by atoms with Crippen LogP contribution in [0.4, 0.5) is 11.9 Å². The number of nitrogens with zero attached hydrogens (tertiary/aromatic N) is 5. The van der Waals surface area contributed by atoms with Gasteiger partial charge < -0.3 is 15.4 Å². The predicted molar refractivity (Wildman–Crippen MR) is 74.7 cm³/mol. The summed E-state index contributed by atoms with van der Waals surface area (Å²) in [6, 6.07) is 3.82. The molecule has 0 atom stereocenters. The molecule has 0 spiro atoms. The highest BCUT2D eigenvalue weighted by Crippen LogP contribution is 2.23. The zero-order valence-electron chi connectivity index (χ0n) is 11.3. The van der Waals surface area contributed by atoms with Gasteiger partial charge in [0.25, 0.3) is 0 Å². The Balaban J connectivity index is 1.88. The van der Waals surface area contributed by atoms with Crippen LogP contribution in [-0.4, -0.2) is 33.0 Å². The van der Waals surface area contributed by atoms with Gasteiger partial charge in [0.05, 0.1) is 5.69 Å². The Morgan fingerprint density at radius 3 is 2.75 bits per heavy atom. The van der Waals surface area contributed by atoms with Crippen LogP contribution in [0.2, 0.25) is 0 Å². The maximum atomic E-state index is 5.73. The molecule has 0 bridgehead atoms. The molecule has 0 aliphatic carbocycles. The second-order valence-corrected chi connectivity index (χ2v) is 4.66. The van der Waals surface area contributed by atoms with Gasteiger partial charge >= 0.3 is 6.01 Å². The average molecular weight is 272 g/mol. The highest BCUT2D eigenvalue weighted by molar-refractivity contribution is 5.38. The number of rotatable bonds is 3.